The Morgan fingerprint density at radius 2 is 1.97 bits per heavy atom. The maximum atomic E-state index is 13.6. The highest BCUT2D eigenvalue weighted by atomic mass is 19.1. The number of ketones is 1. The van der Waals surface area contributed by atoms with Crippen LogP contribution in [0.1, 0.15) is 28.6 Å². The molecule has 2 aromatic carbocycles. The molecule has 0 fully saturated rings. The van der Waals surface area contributed by atoms with Gasteiger partial charge in [0.25, 0.3) is 0 Å². The van der Waals surface area contributed by atoms with Gasteiger partial charge in [0, 0.05) is 23.9 Å². The zero-order valence-electron chi connectivity index (χ0n) is 17.5. The summed E-state index contributed by atoms with van der Waals surface area (Å²) in [5.74, 6) is -2.70. The van der Waals surface area contributed by atoms with E-state index in [0.717, 1.165) is 5.39 Å². The molecule has 4 aromatic rings. The number of hydrogen-bond donors (Lipinski definition) is 1. The molecule has 0 saturated heterocycles. The number of nitrogens with zero attached hydrogens (tertiary/aromatic N) is 2. The number of Topliss-reactive ketones (excluding diaryl/α,β-unsaturated/α-hetero) is 1. The summed E-state index contributed by atoms with van der Waals surface area (Å²) in [7, 11) is 0. The molecular formula is C25H20FN3O4. The number of halogens is 1. The highest BCUT2D eigenvalue weighted by Crippen LogP contribution is 2.39. The smallest absolute Gasteiger partial charge is 0.241 e. The number of aromatic nitrogens is 2. The Morgan fingerprint density at radius 1 is 1.18 bits per heavy atom. The van der Waals surface area contributed by atoms with Crippen molar-refractivity contribution in [1.29, 1.82) is 0 Å². The Balaban J connectivity index is 1.50. The molecule has 1 atom stereocenters. The van der Waals surface area contributed by atoms with Gasteiger partial charge < -0.3 is 14.4 Å². The predicted octanol–water partition coefficient (Wildman–Crippen LogP) is 2.66. The molecule has 0 radical (unpaired) electrons. The van der Waals surface area contributed by atoms with E-state index in [0.29, 0.717) is 24.1 Å². The third-order valence-corrected chi connectivity index (χ3v) is 5.78. The molecule has 0 aliphatic carbocycles. The minimum absolute atomic E-state index is 0.0100. The van der Waals surface area contributed by atoms with Crippen molar-refractivity contribution in [2.75, 3.05) is 6.54 Å². The van der Waals surface area contributed by atoms with Gasteiger partial charge in [-0.3, -0.25) is 14.6 Å². The van der Waals surface area contributed by atoms with Crippen molar-refractivity contribution in [2.24, 2.45) is 0 Å². The van der Waals surface area contributed by atoms with Crippen molar-refractivity contribution >= 4 is 22.7 Å². The quantitative estimate of drug-likeness (QED) is 0.350. The highest BCUT2D eigenvalue weighted by Gasteiger charge is 2.40. The number of imidazole rings is 1. The maximum absolute atomic E-state index is 13.6. The number of para-hydroxylation sites is 1. The van der Waals surface area contributed by atoms with E-state index in [1.165, 1.54) is 29.2 Å². The fourth-order valence-electron chi connectivity index (χ4n) is 4.20. The SMILES string of the molecule is O=C(C1=C([O-])C(=O)N(CCC[n+]2cc[nH]c2)C1c1ccc(F)cc1)c1cc2ccccc2o1. The minimum atomic E-state index is -0.914. The van der Waals surface area contributed by atoms with Crippen LogP contribution in [0.4, 0.5) is 4.39 Å². The molecule has 8 heteroatoms. The monoisotopic (exact) mass is 445 g/mol. The van der Waals surface area contributed by atoms with Gasteiger partial charge in [0.05, 0.1) is 12.6 Å². The molecule has 1 amide bonds. The number of amides is 1. The largest absolute Gasteiger partial charge is 0.868 e. The number of aryl methyl sites for hydroxylation is 1. The zero-order valence-corrected chi connectivity index (χ0v) is 17.5. The fraction of sp³-hybridized carbons (Fsp3) is 0.160. The molecule has 1 aliphatic heterocycles. The lowest BCUT2D eigenvalue weighted by Crippen LogP contribution is -2.37. The lowest BCUT2D eigenvalue weighted by Gasteiger charge is -2.27. The lowest BCUT2D eigenvalue weighted by atomic mass is 9.95. The van der Waals surface area contributed by atoms with Crippen LogP contribution in [0.2, 0.25) is 0 Å². The molecule has 33 heavy (non-hydrogen) atoms. The van der Waals surface area contributed by atoms with Crippen LogP contribution in [-0.2, 0) is 11.3 Å². The van der Waals surface area contributed by atoms with Crippen molar-refractivity contribution in [3.63, 3.8) is 0 Å². The van der Waals surface area contributed by atoms with Crippen LogP contribution >= 0.6 is 0 Å². The number of fused-ring (bicyclic) bond motifs is 1. The zero-order chi connectivity index (χ0) is 22.9. The molecule has 5 rings (SSSR count). The summed E-state index contributed by atoms with van der Waals surface area (Å²) in [6.45, 7) is 0.867. The molecular weight excluding hydrogens is 425 g/mol. The van der Waals surface area contributed by atoms with Crippen LogP contribution in [-0.4, -0.2) is 28.1 Å². The summed E-state index contributed by atoms with van der Waals surface area (Å²) >= 11 is 0. The Labute approximate surface area is 188 Å². The molecule has 2 aromatic heterocycles. The van der Waals surface area contributed by atoms with Gasteiger partial charge in [0.15, 0.2) is 5.76 Å². The molecule has 1 unspecified atom stereocenters. The van der Waals surface area contributed by atoms with Crippen LogP contribution in [0, 0.1) is 5.82 Å². The van der Waals surface area contributed by atoms with Crippen molar-refractivity contribution in [3.8, 4) is 0 Å². The van der Waals surface area contributed by atoms with Crippen LogP contribution in [0.25, 0.3) is 11.0 Å². The molecule has 166 valence electrons. The molecule has 0 spiro atoms. The Bertz CT molecular complexity index is 1320. The third kappa shape index (κ3) is 3.80. The summed E-state index contributed by atoms with van der Waals surface area (Å²) in [6, 6.07) is 13.2. The van der Waals surface area contributed by atoms with Gasteiger partial charge in [0.1, 0.15) is 23.8 Å². The lowest BCUT2D eigenvalue weighted by molar-refractivity contribution is -0.695. The highest BCUT2D eigenvalue weighted by molar-refractivity contribution is 6.15. The van der Waals surface area contributed by atoms with Crippen molar-refractivity contribution in [3.05, 3.63) is 102 Å². The number of furan rings is 1. The van der Waals surface area contributed by atoms with E-state index in [2.05, 4.69) is 4.98 Å². The average Bonchev–Trinajstić information content (AvgIpc) is 3.54. The Morgan fingerprint density at radius 3 is 2.70 bits per heavy atom. The van der Waals surface area contributed by atoms with Crippen LogP contribution in [0.3, 0.4) is 0 Å². The number of carbonyl (C=O) groups is 2. The van der Waals surface area contributed by atoms with Gasteiger partial charge in [-0.05, 0) is 35.6 Å². The normalized spacial score (nSPS) is 16.2. The van der Waals surface area contributed by atoms with Gasteiger partial charge in [0.2, 0.25) is 18.0 Å². The summed E-state index contributed by atoms with van der Waals surface area (Å²) in [4.78, 5) is 30.7. The first kappa shape index (κ1) is 20.7. The maximum Gasteiger partial charge on any atom is 0.241 e. The second-order valence-electron chi connectivity index (χ2n) is 7.88. The van der Waals surface area contributed by atoms with E-state index in [4.69, 9.17) is 4.42 Å². The Kier molecular flexibility index (Phi) is 5.26. The fourth-order valence-corrected chi connectivity index (χ4v) is 4.20. The minimum Gasteiger partial charge on any atom is -0.868 e. The number of benzene rings is 2. The van der Waals surface area contributed by atoms with Crippen LogP contribution in [0.15, 0.2) is 89.1 Å². The topological polar surface area (TPSA) is 93.2 Å². The molecule has 1 aliphatic rings. The number of H-pyrrole nitrogens is 1. The van der Waals surface area contributed by atoms with E-state index >= 15 is 0 Å². The second kappa shape index (κ2) is 8.38. The summed E-state index contributed by atoms with van der Waals surface area (Å²) in [6.07, 6.45) is 5.99. The van der Waals surface area contributed by atoms with Gasteiger partial charge in [-0.25, -0.2) is 8.96 Å². The molecule has 1 N–H and O–H groups in total. The molecule has 3 heterocycles. The van der Waals surface area contributed by atoms with Gasteiger partial charge in [-0.15, -0.1) is 0 Å². The average molecular weight is 445 g/mol. The second-order valence-corrected chi connectivity index (χ2v) is 7.88. The van der Waals surface area contributed by atoms with Crippen molar-refractivity contribution < 1.29 is 28.1 Å². The van der Waals surface area contributed by atoms with Crippen LogP contribution < -0.4 is 9.67 Å². The Hall–Kier alpha value is -4.20. The first-order chi connectivity index (χ1) is 16.0. The molecule has 7 nitrogen and oxygen atoms in total. The van der Waals surface area contributed by atoms with Crippen LogP contribution in [0.5, 0.6) is 0 Å². The summed E-state index contributed by atoms with van der Waals surface area (Å²) < 4.78 is 21.2. The third-order valence-electron chi connectivity index (χ3n) is 5.78. The molecule has 0 bridgehead atoms. The van der Waals surface area contributed by atoms with Gasteiger partial charge in [-0.1, -0.05) is 30.3 Å². The predicted molar refractivity (Wildman–Crippen MR) is 114 cm³/mol. The summed E-state index contributed by atoms with van der Waals surface area (Å²) in [5, 5.41) is 13.7. The van der Waals surface area contributed by atoms with Gasteiger partial charge >= 0.3 is 0 Å². The first-order valence-corrected chi connectivity index (χ1v) is 10.6. The van der Waals surface area contributed by atoms with Crippen molar-refractivity contribution in [1.82, 2.24) is 9.88 Å². The number of hydrogen-bond acceptors (Lipinski definition) is 4. The first-order valence-electron chi connectivity index (χ1n) is 10.6. The van der Waals surface area contributed by atoms with E-state index < -0.39 is 29.3 Å². The van der Waals surface area contributed by atoms with E-state index in [1.54, 1.807) is 36.8 Å². The van der Waals surface area contributed by atoms with Crippen molar-refractivity contribution in [2.45, 2.75) is 19.0 Å². The number of rotatable bonds is 7. The standard InChI is InChI=1S/C25H20FN3O4/c26-18-8-6-16(7-9-18)22-21(23(30)20-14-17-4-1-2-5-19(17)33-20)24(31)25(32)29(22)12-3-11-28-13-10-27-15-28/h1-2,4-10,13-15,22H,3,11-12H2,(H,30,31). The number of aromatic amines is 1. The number of carbonyl (C=O) groups excluding carboxylic acids is 2. The van der Waals surface area contributed by atoms with Gasteiger partial charge in [-0.2, -0.15) is 0 Å². The molecule has 0 saturated carbocycles. The van der Waals surface area contributed by atoms with E-state index in [1.807, 2.05) is 16.8 Å². The summed E-state index contributed by atoms with van der Waals surface area (Å²) in [5.41, 5.74) is 0.821. The number of nitrogens with one attached hydrogen (secondary N) is 1. The van der Waals surface area contributed by atoms with E-state index in [-0.39, 0.29) is 17.9 Å². The van der Waals surface area contributed by atoms with E-state index in [9.17, 15) is 19.1 Å².